The first kappa shape index (κ1) is 16.2. The van der Waals surface area contributed by atoms with Crippen LogP contribution in [0.1, 0.15) is 38.5 Å². The number of likely N-dealkylation sites (N-methyl/N-ethyl adjacent to an activating group) is 1. The molecule has 3 N–H and O–H groups in total. The third kappa shape index (κ3) is 6.25. The van der Waals surface area contributed by atoms with Crippen molar-refractivity contribution in [3.63, 3.8) is 0 Å². The Morgan fingerprint density at radius 3 is 2.53 bits per heavy atom. The smallest absolute Gasteiger partial charge is 0.314 e. The number of carbonyl (C=O) groups is 1. The Morgan fingerprint density at radius 1 is 1.26 bits per heavy atom. The van der Waals surface area contributed by atoms with E-state index in [0.717, 1.165) is 0 Å². The molecule has 0 aromatic rings. The van der Waals surface area contributed by atoms with Gasteiger partial charge >= 0.3 is 6.03 Å². The van der Waals surface area contributed by atoms with Gasteiger partial charge in [0, 0.05) is 25.7 Å². The molecule has 0 spiro atoms. The zero-order valence-corrected chi connectivity index (χ0v) is 12.3. The maximum absolute atomic E-state index is 11.6. The van der Waals surface area contributed by atoms with Crippen LogP contribution in [0.4, 0.5) is 4.79 Å². The highest BCUT2D eigenvalue weighted by molar-refractivity contribution is 5.73. The van der Waals surface area contributed by atoms with Crippen LogP contribution < -0.4 is 10.6 Å². The molecule has 1 fully saturated rings. The van der Waals surface area contributed by atoms with Gasteiger partial charge in [-0.05, 0) is 39.3 Å². The second-order valence-corrected chi connectivity index (χ2v) is 5.64. The predicted molar refractivity (Wildman–Crippen MR) is 77.2 cm³/mol. The van der Waals surface area contributed by atoms with Crippen LogP contribution in [0, 0.1) is 5.92 Å². The van der Waals surface area contributed by atoms with Crippen LogP contribution in [-0.4, -0.2) is 55.9 Å². The zero-order valence-electron chi connectivity index (χ0n) is 12.3. The third-order valence-electron chi connectivity index (χ3n) is 3.95. The summed E-state index contributed by atoms with van der Waals surface area (Å²) in [6.07, 6.45) is 7.14. The number of nitrogens with one attached hydrogen (secondary N) is 2. The fourth-order valence-electron chi connectivity index (χ4n) is 2.83. The number of hydrogen-bond acceptors (Lipinski definition) is 3. The molecule has 1 unspecified atom stereocenters. The summed E-state index contributed by atoms with van der Waals surface area (Å²) in [5.74, 6) is 0.696. The average molecular weight is 271 g/mol. The van der Waals surface area contributed by atoms with E-state index in [1.165, 1.54) is 32.1 Å². The van der Waals surface area contributed by atoms with E-state index in [1.54, 1.807) is 0 Å². The number of urea groups is 1. The van der Waals surface area contributed by atoms with Crippen LogP contribution >= 0.6 is 0 Å². The Bertz CT molecular complexity index is 253. The molecule has 0 aliphatic heterocycles. The molecule has 0 aromatic carbocycles. The van der Waals surface area contributed by atoms with Crippen molar-refractivity contribution in [3.05, 3.63) is 0 Å². The van der Waals surface area contributed by atoms with Crippen LogP contribution in [0.15, 0.2) is 0 Å². The number of aliphatic hydroxyl groups excluding tert-OH is 1. The highest BCUT2D eigenvalue weighted by Crippen LogP contribution is 2.27. The molecule has 19 heavy (non-hydrogen) atoms. The lowest BCUT2D eigenvalue weighted by Crippen LogP contribution is -2.48. The summed E-state index contributed by atoms with van der Waals surface area (Å²) in [6, 6.07) is 0.292. The summed E-state index contributed by atoms with van der Waals surface area (Å²) in [4.78, 5) is 13.8. The molecular formula is C14H29N3O2. The number of rotatable bonds is 7. The number of carbonyl (C=O) groups excluding carboxylic acids is 1. The van der Waals surface area contributed by atoms with E-state index in [2.05, 4.69) is 29.6 Å². The van der Waals surface area contributed by atoms with Crippen molar-refractivity contribution in [2.45, 2.75) is 44.6 Å². The Labute approximate surface area is 116 Å². The van der Waals surface area contributed by atoms with E-state index >= 15 is 0 Å². The van der Waals surface area contributed by atoms with Crippen LogP contribution in [-0.2, 0) is 0 Å². The second-order valence-electron chi connectivity index (χ2n) is 5.64. The Morgan fingerprint density at radius 2 is 1.95 bits per heavy atom. The fraction of sp³-hybridized carbons (Fsp3) is 0.929. The molecule has 1 rings (SSSR count). The second kappa shape index (κ2) is 9.15. The molecule has 0 bridgehead atoms. The number of hydrogen-bond donors (Lipinski definition) is 3. The quantitative estimate of drug-likeness (QED) is 0.609. The molecular weight excluding hydrogens is 242 g/mol. The molecule has 5 heteroatoms. The topological polar surface area (TPSA) is 64.6 Å². The number of nitrogens with zero attached hydrogens (tertiary/aromatic N) is 1. The minimum atomic E-state index is -0.129. The molecule has 0 saturated heterocycles. The summed E-state index contributed by atoms with van der Waals surface area (Å²) in [5.41, 5.74) is 0. The Hall–Kier alpha value is -0.810. The van der Waals surface area contributed by atoms with E-state index in [4.69, 9.17) is 5.11 Å². The maximum atomic E-state index is 11.6. The highest BCUT2D eigenvalue weighted by atomic mass is 16.3. The predicted octanol–water partition coefficient (Wildman–Crippen LogP) is 1.18. The van der Waals surface area contributed by atoms with E-state index in [-0.39, 0.29) is 12.6 Å². The molecule has 2 amide bonds. The van der Waals surface area contributed by atoms with Gasteiger partial charge in [0.1, 0.15) is 0 Å². The van der Waals surface area contributed by atoms with Crippen molar-refractivity contribution >= 4 is 6.03 Å². The van der Waals surface area contributed by atoms with Crippen molar-refractivity contribution in [2.75, 3.05) is 33.8 Å². The summed E-state index contributed by atoms with van der Waals surface area (Å²) in [6.45, 7) is 1.34. The molecule has 112 valence electrons. The molecule has 0 radical (unpaired) electrons. The first-order valence-electron chi connectivity index (χ1n) is 7.44. The van der Waals surface area contributed by atoms with Crippen molar-refractivity contribution in [2.24, 2.45) is 5.92 Å². The van der Waals surface area contributed by atoms with Crippen LogP contribution in [0.25, 0.3) is 0 Å². The van der Waals surface area contributed by atoms with E-state index in [0.29, 0.717) is 31.5 Å². The first-order chi connectivity index (χ1) is 9.15. The average Bonchev–Trinajstić information content (AvgIpc) is 2.40. The minimum absolute atomic E-state index is 0.114. The van der Waals surface area contributed by atoms with Gasteiger partial charge in [-0.3, -0.25) is 0 Å². The van der Waals surface area contributed by atoms with Gasteiger partial charge in [0.05, 0.1) is 0 Å². The monoisotopic (exact) mass is 271 g/mol. The summed E-state index contributed by atoms with van der Waals surface area (Å²) >= 11 is 0. The molecule has 1 aliphatic rings. The van der Waals surface area contributed by atoms with Crippen molar-refractivity contribution < 1.29 is 9.90 Å². The van der Waals surface area contributed by atoms with E-state index in [9.17, 15) is 4.79 Å². The lowest BCUT2D eigenvalue weighted by molar-refractivity contribution is 0.166. The number of amides is 2. The molecule has 1 atom stereocenters. The van der Waals surface area contributed by atoms with Gasteiger partial charge in [0.25, 0.3) is 0 Å². The number of aliphatic hydroxyl groups is 1. The van der Waals surface area contributed by atoms with Crippen molar-refractivity contribution in [1.82, 2.24) is 15.5 Å². The van der Waals surface area contributed by atoms with Gasteiger partial charge in [0.2, 0.25) is 0 Å². The van der Waals surface area contributed by atoms with Gasteiger partial charge in [-0.2, -0.15) is 0 Å². The molecule has 0 aromatic heterocycles. The SMILES string of the molecule is CN(C)C(CNC(=O)NCCCO)C1CCCCC1. The third-order valence-corrected chi connectivity index (χ3v) is 3.95. The largest absolute Gasteiger partial charge is 0.396 e. The fourth-order valence-corrected chi connectivity index (χ4v) is 2.83. The molecule has 1 saturated carbocycles. The zero-order chi connectivity index (χ0) is 14.1. The van der Waals surface area contributed by atoms with E-state index in [1.807, 2.05) is 0 Å². The molecule has 0 heterocycles. The Kier molecular flexibility index (Phi) is 7.82. The molecule has 5 nitrogen and oxygen atoms in total. The van der Waals surface area contributed by atoms with Gasteiger partial charge in [0.15, 0.2) is 0 Å². The van der Waals surface area contributed by atoms with Crippen molar-refractivity contribution in [1.29, 1.82) is 0 Å². The normalized spacial score (nSPS) is 18.3. The summed E-state index contributed by atoms with van der Waals surface area (Å²) < 4.78 is 0. The first-order valence-corrected chi connectivity index (χ1v) is 7.44. The van der Waals surface area contributed by atoms with Crippen LogP contribution in [0.5, 0.6) is 0 Å². The summed E-state index contributed by atoms with van der Waals surface area (Å²) in [7, 11) is 4.18. The van der Waals surface area contributed by atoms with Gasteiger partial charge in [-0.15, -0.1) is 0 Å². The van der Waals surface area contributed by atoms with E-state index < -0.39 is 0 Å². The standard InChI is InChI=1S/C14H29N3O2/c1-17(2)13(12-7-4-3-5-8-12)11-16-14(19)15-9-6-10-18/h12-13,18H,3-11H2,1-2H3,(H2,15,16,19). The highest BCUT2D eigenvalue weighted by Gasteiger charge is 2.25. The van der Waals surface area contributed by atoms with Gasteiger partial charge in [-0.25, -0.2) is 4.79 Å². The van der Waals surface area contributed by atoms with Crippen molar-refractivity contribution in [3.8, 4) is 0 Å². The van der Waals surface area contributed by atoms with Gasteiger partial charge < -0.3 is 20.6 Å². The van der Waals surface area contributed by atoms with Gasteiger partial charge in [-0.1, -0.05) is 19.3 Å². The minimum Gasteiger partial charge on any atom is -0.396 e. The van der Waals surface area contributed by atoms with Crippen LogP contribution in [0.3, 0.4) is 0 Å². The molecule has 1 aliphatic carbocycles. The maximum Gasteiger partial charge on any atom is 0.314 e. The van der Waals surface area contributed by atoms with Crippen LogP contribution in [0.2, 0.25) is 0 Å². The summed E-state index contributed by atoms with van der Waals surface area (Å²) in [5, 5.41) is 14.4. The lowest BCUT2D eigenvalue weighted by Gasteiger charge is -2.34. The Balaban J connectivity index is 2.30. The lowest BCUT2D eigenvalue weighted by atomic mass is 9.83.